The molecule has 1 heterocycles. The highest BCUT2D eigenvalue weighted by Gasteiger charge is 2.24. The Hall–Kier alpha value is -2.64. The molecule has 1 aromatic rings. The second kappa shape index (κ2) is 9.74. The molecule has 2 rings (SSSR count). The summed E-state index contributed by atoms with van der Waals surface area (Å²) in [5.74, 6) is -0.319. The van der Waals surface area contributed by atoms with Crippen LogP contribution in [0.15, 0.2) is 30.3 Å². The van der Waals surface area contributed by atoms with E-state index in [9.17, 15) is 18.4 Å². The number of carbonyl (C=O) groups excluding carboxylic acids is 2. The average molecular weight is 368 g/mol. The van der Waals surface area contributed by atoms with Crippen LogP contribution in [0.2, 0.25) is 0 Å². The van der Waals surface area contributed by atoms with Gasteiger partial charge in [-0.05, 0) is 31.9 Å². The van der Waals surface area contributed by atoms with Crippen molar-refractivity contribution in [3.8, 4) is 5.75 Å². The third-order valence-electron chi connectivity index (χ3n) is 3.92. The summed E-state index contributed by atoms with van der Waals surface area (Å²) in [6.45, 7) is 0.179. The van der Waals surface area contributed by atoms with E-state index in [1.807, 2.05) is 0 Å². The number of hydrogen-bond donors (Lipinski definition) is 1. The largest absolute Gasteiger partial charge is 0.450 e. The summed E-state index contributed by atoms with van der Waals surface area (Å²) in [7, 11) is 0. The molecular weight excluding hydrogens is 346 g/mol. The normalized spacial score (nSPS) is 15.3. The summed E-state index contributed by atoms with van der Waals surface area (Å²) in [6.07, 6.45) is 3.63. The molecule has 1 aliphatic heterocycles. The summed E-state index contributed by atoms with van der Waals surface area (Å²) in [4.78, 5) is 25.3. The maximum Gasteiger partial charge on any atom is 0.409 e. The lowest BCUT2D eigenvalue weighted by atomic mass is 10.1. The summed E-state index contributed by atoms with van der Waals surface area (Å²) in [5, 5.41) is 2.85. The second-order valence-corrected chi connectivity index (χ2v) is 5.72. The molecular formula is C18H22F2N2O4. The number of amides is 2. The zero-order valence-electron chi connectivity index (χ0n) is 14.5. The Labute approximate surface area is 150 Å². The van der Waals surface area contributed by atoms with Gasteiger partial charge in [0.25, 0.3) is 0 Å². The molecule has 142 valence electrons. The first-order chi connectivity index (χ1) is 12.5. The molecule has 6 nitrogen and oxygen atoms in total. The Morgan fingerprint density at radius 1 is 1.31 bits per heavy atom. The molecule has 0 radical (unpaired) electrons. The molecule has 1 N–H and O–H groups in total. The number of benzene rings is 1. The van der Waals surface area contributed by atoms with E-state index >= 15 is 0 Å². The van der Waals surface area contributed by atoms with Crippen LogP contribution in [-0.2, 0) is 9.53 Å². The van der Waals surface area contributed by atoms with Crippen LogP contribution in [0.3, 0.4) is 0 Å². The van der Waals surface area contributed by atoms with Crippen molar-refractivity contribution in [2.75, 3.05) is 19.7 Å². The Bertz CT molecular complexity index is 644. The number of para-hydroxylation sites is 1. The SMILES string of the molecule is CCOC(=O)N1CCC(NC(=O)/C=C/c2ccccc2OC(F)F)CC1. The van der Waals surface area contributed by atoms with Gasteiger partial charge in [-0.3, -0.25) is 4.79 Å². The minimum absolute atomic E-state index is 0.00861. The van der Waals surface area contributed by atoms with Crippen molar-refractivity contribution in [3.05, 3.63) is 35.9 Å². The lowest BCUT2D eigenvalue weighted by Crippen LogP contribution is -2.46. The van der Waals surface area contributed by atoms with Crippen molar-refractivity contribution < 1.29 is 27.8 Å². The third-order valence-corrected chi connectivity index (χ3v) is 3.92. The standard InChI is InChI=1S/C18H22F2N2O4/c1-2-25-18(24)22-11-9-14(10-12-22)21-16(23)8-7-13-5-3-4-6-15(13)26-17(19)20/h3-8,14,17H,2,9-12H2,1H3,(H,21,23)/b8-7+. The molecule has 0 spiro atoms. The van der Waals surface area contributed by atoms with Crippen LogP contribution in [0.1, 0.15) is 25.3 Å². The van der Waals surface area contributed by atoms with Gasteiger partial charge in [0, 0.05) is 30.8 Å². The van der Waals surface area contributed by atoms with Gasteiger partial charge in [0.05, 0.1) is 6.61 Å². The minimum atomic E-state index is -2.93. The van der Waals surface area contributed by atoms with E-state index < -0.39 is 6.61 Å². The lowest BCUT2D eigenvalue weighted by molar-refractivity contribution is -0.117. The first-order valence-electron chi connectivity index (χ1n) is 8.43. The highest BCUT2D eigenvalue weighted by molar-refractivity contribution is 5.92. The maximum absolute atomic E-state index is 12.4. The number of piperidine rings is 1. The Morgan fingerprint density at radius 3 is 2.65 bits per heavy atom. The summed E-state index contributed by atoms with van der Waals surface area (Å²) in [6, 6.07) is 6.19. The van der Waals surface area contributed by atoms with Gasteiger partial charge in [-0.1, -0.05) is 18.2 Å². The first-order valence-corrected chi connectivity index (χ1v) is 8.43. The quantitative estimate of drug-likeness (QED) is 0.784. The van der Waals surface area contributed by atoms with Crippen molar-refractivity contribution in [2.24, 2.45) is 0 Å². The van der Waals surface area contributed by atoms with E-state index in [-0.39, 0.29) is 23.8 Å². The molecule has 1 aliphatic rings. The smallest absolute Gasteiger partial charge is 0.409 e. The molecule has 1 saturated heterocycles. The van der Waals surface area contributed by atoms with E-state index in [2.05, 4.69) is 10.1 Å². The molecule has 1 fully saturated rings. The van der Waals surface area contributed by atoms with Crippen molar-refractivity contribution in [1.82, 2.24) is 10.2 Å². The molecule has 1 aromatic carbocycles. The Kier molecular flexibility index (Phi) is 7.37. The third kappa shape index (κ3) is 6.02. The van der Waals surface area contributed by atoms with Crippen LogP contribution in [0.25, 0.3) is 6.08 Å². The number of alkyl halides is 2. The van der Waals surface area contributed by atoms with E-state index in [1.165, 1.54) is 18.2 Å². The number of hydrogen-bond acceptors (Lipinski definition) is 4. The van der Waals surface area contributed by atoms with Crippen LogP contribution < -0.4 is 10.1 Å². The number of carbonyl (C=O) groups is 2. The van der Waals surface area contributed by atoms with Gasteiger partial charge in [-0.25, -0.2) is 4.79 Å². The molecule has 0 saturated carbocycles. The number of rotatable bonds is 6. The van der Waals surface area contributed by atoms with E-state index in [0.29, 0.717) is 38.1 Å². The number of halogens is 2. The molecule has 26 heavy (non-hydrogen) atoms. The van der Waals surface area contributed by atoms with E-state index in [4.69, 9.17) is 4.74 Å². The van der Waals surface area contributed by atoms with Gasteiger partial charge in [-0.15, -0.1) is 0 Å². The predicted molar refractivity (Wildman–Crippen MR) is 91.9 cm³/mol. The predicted octanol–water partition coefficient (Wildman–Crippen LogP) is 3.04. The van der Waals surface area contributed by atoms with Crippen molar-refractivity contribution in [2.45, 2.75) is 32.4 Å². The Balaban J connectivity index is 1.84. The fourth-order valence-electron chi connectivity index (χ4n) is 2.66. The van der Waals surface area contributed by atoms with Crippen molar-refractivity contribution in [3.63, 3.8) is 0 Å². The fraction of sp³-hybridized carbons (Fsp3) is 0.444. The zero-order valence-corrected chi connectivity index (χ0v) is 14.5. The van der Waals surface area contributed by atoms with Crippen LogP contribution in [0.5, 0.6) is 5.75 Å². The molecule has 0 aromatic heterocycles. The van der Waals surface area contributed by atoms with Gasteiger partial charge in [-0.2, -0.15) is 8.78 Å². The van der Waals surface area contributed by atoms with Crippen molar-refractivity contribution >= 4 is 18.1 Å². The first kappa shape index (κ1) is 19.7. The molecule has 0 atom stereocenters. The monoisotopic (exact) mass is 368 g/mol. The number of nitrogens with one attached hydrogen (secondary N) is 1. The van der Waals surface area contributed by atoms with Crippen molar-refractivity contribution in [1.29, 1.82) is 0 Å². The van der Waals surface area contributed by atoms with E-state index in [1.54, 1.807) is 30.0 Å². The summed E-state index contributed by atoms with van der Waals surface area (Å²) >= 11 is 0. The summed E-state index contributed by atoms with van der Waals surface area (Å²) < 4.78 is 34.1. The highest BCUT2D eigenvalue weighted by Crippen LogP contribution is 2.21. The highest BCUT2D eigenvalue weighted by atomic mass is 19.3. The van der Waals surface area contributed by atoms with Crippen LogP contribution >= 0.6 is 0 Å². The lowest BCUT2D eigenvalue weighted by Gasteiger charge is -2.31. The molecule has 8 heteroatoms. The minimum Gasteiger partial charge on any atom is -0.450 e. The molecule has 0 unspecified atom stereocenters. The molecule has 2 amide bonds. The van der Waals surface area contributed by atoms with Gasteiger partial charge in [0.15, 0.2) is 0 Å². The Morgan fingerprint density at radius 2 is 2.00 bits per heavy atom. The number of nitrogens with zero attached hydrogens (tertiary/aromatic N) is 1. The number of likely N-dealkylation sites (tertiary alicyclic amines) is 1. The van der Waals surface area contributed by atoms with Gasteiger partial charge in [0.2, 0.25) is 5.91 Å². The van der Waals surface area contributed by atoms with Crippen LogP contribution in [-0.4, -0.2) is 49.3 Å². The topological polar surface area (TPSA) is 67.9 Å². The van der Waals surface area contributed by atoms with Gasteiger partial charge in [0.1, 0.15) is 5.75 Å². The van der Waals surface area contributed by atoms with Crippen LogP contribution in [0.4, 0.5) is 13.6 Å². The molecule has 0 bridgehead atoms. The van der Waals surface area contributed by atoms with Crippen LogP contribution in [0, 0.1) is 0 Å². The number of ether oxygens (including phenoxy) is 2. The van der Waals surface area contributed by atoms with E-state index in [0.717, 1.165) is 0 Å². The van der Waals surface area contributed by atoms with Gasteiger partial charge >= 0.3 is 12.7 Å². The maximum atomic E-state index is 12.4. The zero-order chi connectivity index (χ0) is 18.9. The fourth-order valence-corrected chi connectivity index (χ4v) is 2.66. The van der Waals surface area contributed by atoms with Gasteiger partial charge < -0.3 is 19.7 Å². The average Bonchev–Trinajstić information content (AvgIpc) is 2.61. The second-order valence-electron chi connectivity index (χ2n) is 5.72. The summed E-state index contributed by atoms with van der Waals surface area (Å²) in [5.41, 5.74) is 0.389. The molecule has 0 aliphatic carbocycles.